The lowest BCUT2D eigenvalue weighted by Crippen LogP contribution is -2.20. The first-order valence-electron chi connectivity index (χ1n) is 7.38. The third-order valence-corrected chi connectivity index (χ3v) is 3.67. The Balaban J connectivity index is 1.77. The Morgan fingerprint density at radius 2 is 1.86 bits per heavy atom. The highest BCUT2D eigenvalue weighted by Gasteiger charge is 2.14. The number of para-hydroxylation sites is 2. The molecule has 0 fully saturated rings. The monoisotopic (exact) mass is 294 g/mol. The summed E-state index contributed by atoms with van der Waals surface area (Å²) in [5, 5.41) is 0. The Morgan fingerprint density at radius 1 is 1.14 bits per heavy atom. The van der Waals surface area contributed by atoms with Gasteiger partial charge in [0.25, 0.3) is 5.91 Å². The summed E-state index contributed by atoms with van der Waals surface area (Å²) in [7, 11) is 0. The molecule has 0 atom stereocenters. The average Bonchev–Trinajstić information content (AvgIpc) is 2.89. The molecule has 0 bridgehead atoms. The lowest BCUT2D eigenvalue weighted by Gasteiger charge is -2.08. The number of hydrogen-bond acceptors (Lipinski definition) is 3. The lowest BCUT2D eigenvalue weighted by molar-refractivity contribution is 0.0840. The summed E-state index contributed by atoms with van der Waals surface area (Å²) < 4.78 is 7.20. The van der Waals surface area contributed by atoms with E-state index in [4.69, 9.17) is 4.74 Å². The second-order valence-corrected chi connectivity index (χ2v) is 5.16. The molecule has 0 saturated heterocycles. The molecule has 3 aromatic rings. The van der Waals surface area contributed by atoms with Gasteiger partial charge in [0.05, 0.1) is 11.0 Å². The zero-order valence-electron chi connectivity index (χ0n) is 12.7. The zero-order chi connectivity index (χ0) is 15.5. The molecule has 4 heteroatoms. The van der Waals surface area contributed by atoms with Crippen molar-refractivity contribution in [3.05, 3.63) is 59.9 Å². The van der Waals surface area contributed by atoms with E-state index in [9.17, 15) is 4.79 Å². The van der Waals surface area contributed by atoms with Gasteiger partial charge in [-0.15, -0.1) is 0 Å². The quantitative estimate of drug-likeness (QED) is 0.738. The van der Waals surface area contributed by atoms with Crippen LogP contribution in [0.5, 0.6) is 5.75 Å². The SMILES string of the molecule is CCc1ccc(OCC(=O)n2c(C)nc3ccccc32)cc1. The molecule has 1 heterocycles. The number of aromatic nitrogens is 2. The van der Waals surface area contributed by atoms with Crippen molar-refractivity contribution >= 4 is 16.9 Å². The summed E-state index contributed by atoms with van der Waals surface area (Å²) in [6.07, 6.45) is 0.986. The van der Waals surface area contributed by atoms with Gasteiger partial charge in [0, 0.05) is 0 Å². The highest BCUT2D eigenvalue weighted by molar-refractivity contribution is 5.91. The van der Waals surface area contributed by atoms with Crippen LogP contribution in [0.25, 0.3) is 11.0 Å². The summed E-state index contributed by atoms with van der Waals surface area (Å²) in [5.41, 5.74) is 2.88. The van der Waals surface area contributed by atoms with E-state index in [1.54, 1.807) is 4.57 Å². The smallest absolute Gasteiger partial charge is 0.270 e. The maximum atomic E-state index is 12.4. The van der Waals surface area contributed by atoms with Crippen molar-refractivity contribution in [2.75, 3.05) is 6.61 Å². The number of carbonyl (C=O) groups excluding carboxylic acids is 1. The first-order chi connectivity index (χ1) is 10.7. The number of nitrogens with zero attached hydrogens (tertiary/aromatic N) is 2. The topological polar surface area (TPSA) is 44.1 Å². The van der Waals surface area contributed by atoms with E-state index in [0.717, 1.165) is 17.5 Å². The summed E-state index contributed by atoms with van der Waals surface area (Å²) in [5.74, 6) is 1.26. The second kappa shape index (κ2) is 6.02. The Morgan fingerprint density at radius 3 is 2.59 bits per heavy atom. The normalized spacial score (nSPS) is 10.8. The number of imidazole rings is 1. The van der Waals surface area contributed by atoms with E-state index in [1.807, 2.05) is 55.5 Å². The molecule has 4 nitrogen and oxygen atoms in total. The van der Waals surface area contributed by atoms with Crippen LogP contribution in [0.2, 0.25) is 0 Å². The van der Waals surface area contributed by atoms with Crippen LogP contribution in [-0.4, -0.2) is 22.1 Å². The van der Waals surface area contributed by atoms with Gasteiger partial charge in [-0.05, 0) is 43.2 Å². The fourth-order valence-corrected chi connectivity index (χ4v) is 2.49. The molecule has 0 aliphatic carbocycles. The molecule has 0 unspecified atom stereocenters. The number of ether oxygens (including phenoxy) is 1. The fraction of sp³-hybridized carbons (Fsp3) is 0.222. The van der Waals surface area contributed by atoms with Crippen LogP contribution in [0, 0.1) is 6.92 Å². The first-order valence-corrected chi connectivity index (χ1v) is 7.38. The standard InChI is InChI=1S/C18H18N2O2/c1-3-14-8-10-15(11-9-14)22-12-18(21)20-13(2)19-16-6-4-5-7-17(16)20/h4-11H,3,12H2,1-2H3. The maximum absolute atomic E-state index is 12.4. The molecule has 112 valence electrons. The number of aryl methyl sites for hydroxylation is 2. The van der Waals surface area contributed by atoms with Crippen molar-refractivity contribution in [3.63, 3.8) is 0 Å². The summed E-state index contributed by atoms with van der Waals surface area (Å²) in [6.45, 7) is 3.92. The largest absolute Gasteiger partial charge is 0.484 e. The van der Waals surface area contributed by atoms with Crippen molar-refractivity contribution in [3.8, 4) is 5.75 Å². The van der Waals surface area contributed by atoms with Crippen LogP contribution < -0.4 is 4.74 Å². The molecule has 0 N–H and O–H groups in total. The predicted molar refractivity (Wildman–Crippen MR) is 86.4 cm³/mol. The van der Waals surface area contributed by atoms with Gasteiger partial charge in [-0.3, -0.25) is 9.36 Å². The summed E-state index contributed by atoms with van der Waals surface area (Å²) >= 11 is 0. The van der Waals surface area contributed by atoms with E-state index in [-0.39, 0.29) is 12.5 Å². The molecule has 0 aliphatic rings. The minimum Gasteiger partial charge on any atom is -0.484 e. The minimum atomic E-state index is -0.120. The van der Waals surface area contributed by atoms with Gasteiger partial charge in [0.1, 0.15) is 11.6 Å². The van der Waals surface area contributed by atoms with Crippen LogP contribution in [0.15, 0.2) is 48.5 Å². The maximum Gasteiger partial charge on any atom is 0.270 e. The highest BCUT2D eigenvalue weighted by atomic mass is 16.5. The third-order valence-electron chi connectivity index (χ3n) is 3.67. The summed E-state index contributed by atoms with van der Waals surface area (Å²) in [4.78, 5) is 16.8. The van der Waals surface area contributed by atoms with Crippen molar-refractivity contribution in [1.82, 2.24) is 9.55 Å². The molecule has 0 saturated carbocycles. The van der Waals surface area contributed by atoms with Crippen LogP contribution in [0.3, 0.4) is 0 Å². The Bertz CT molecular complexity index is 804. The van der Waals surface area contributed by atoms with Gasteiger partial charge in [-0.2, -0.15) is 0 Å². The van der Waals surface area contributed by atoms with Crippen molar-refractivity contribution < 1.29 is 9.53 Å². The fourth-order valence-electron chi connectivity index (χ4n) is 2.49. The molecule has 0 radical (unpaired) electrons. The number of rotatable bonds is 4. The zero-order valence-corrected chi connectivity index (χ0v) is 12.7. The molecular formula is C18H18N2O2. The molecular weight excluding hydrogens is 276 g/mol. The number of fused-ring (bicyclic) bond motifs is 1. The first kappa shape index (κ1) is 14.3. The van der Waals surface area contributed by atoms with E-state index in [2.05, 4.69) is 11.9 Å². The number of benzene rings is 2. The Hall–Kier alpha value is -2.62. The van der Waals surface area contributed by atoms with E-state index in [0.29, 0.717) is 11.6 Å². The van der Waals surface area contributed by atoms with Gasteiger partial charge in [0.15, 0.2) is 6.61 Å². The van der Waals surface area contributed by atoms with Crippen LogP contribution in [0.1, 0.15) is 23.1 Å². The lowest BCUT2D eigenvalue weighted by atomic mass is 10.2. The van der Waals surface area contributed by atoms with Crippen molar-refractivity contribution in [2.24, 2.45) is 0 Å². The molecule has 3 rings (SSSR count). The highest BCUT2D eigenvalue weighted by Crippen LogP contribution is 2.16. The number of hydrogen-bond donors (Lipinski definition) is 0. The van der Waals surface area contributed by atoms with Crippen LogP contribution in [-0.2, 0) is 6.42 Å². The Labute approximate surface area is 129 Å². The average molecular weight is 294 g/mol. The third kappa shape index (κ3) is 2.72. The Kier molecular flexibility index (Phi) is 3.92. The summed E-state index contributed by atoms with van der Waals surface area (Å²) in [6, 6.07) is 15.4. The molecule has 0 aliphatic heterocycles. The molecule has 0 amide bonds. The van der Waals surface area contributed by atoms with Gasteiger partial charge in [-0.25, -0.2) is 4.98 Å². The number of carbonyl (C=O) groups is 1. The molecule has 0 spiro atoms. The van der Waals surface area contributed by atoms with E-state index < -0.39 is 0 Å². The van der Waals surface area contributed by atoms with E-state index in [1.165, 1.54) is 5.56 Å². The van der Waals surface area contributed by atoms with Gasteiger partial charge in [0.2, 0.25) is 0 Å². The van der Waals surface area contributed by atoms with Crippen LogP contribution >= 0.6 is 0 Å². The molecule has 22 heavy (non-hydrogen) atoms. The molecule has 1 aromatic heterocycles. The van der Waals surface area contributed by atoms with Crippen molar-refractivity contribution in [1.29, 1.82) is 0 Å². The van der Waals surface area contributed by atoms with Crippen molar-refractivity contribution in [2.45, 2.75) is 20.3 Å². The van der Waals surface area contributed by atoms with Gasteiger partial charge < -0.3 is 4.74 Å². The molecule has 2 aromatic carbocycles. The van der Waals surface area contributed by atoms with Gasteiger partial charge in [-0.1, -0.05) is 31.2 Å². The van der Waals surface area contributed by atoms with E-state index >= 15 is 0 Å². The second-order valence-electron chi connectivity index (χ2n) is 5.16. The predicted octanol–water partition coefficient (Wildman–Crippen LogP) is 3.63. The minimum absolute atomic E-state index is 0.00728. The van der Waals surface area contributed by atoms with Crippen LogP contribution in [0.4, 0.5) is 0 Å². The van der Waals surface area contributed by atoms with Gasteiger partial charge >= 0.3 is 0 Å².